The van der Waals surface area contributed by atoms with Crippen molar-refractivity contribution in [3.05, 3.63) is 52.9 Å². The molecule has 3 aromatic rings. The van der Waals surface area contributed by atoms with Crippen LogP contribution in [0.4, 0.5) is 0 Å². The highest BCUT2D eigenvalue weighted by Gasteiger charge is 2.12. The Hall–Kier alpha value is -2.23. The van der Waals surface area contributed by atoms with E-state index >= 15 is 0 Å². The average molecular weight is 348 g/mol. The first-order valence-corrected chi connectivity index (χ1v) is 9.23. The molecule has 118 valence electrons. The van der Waals surface area contributed by atoms with Gasteiger partial charge in [-0.25, -0.2) is 23.5 Å². The van der Waals surface area contributed by atoms with E-state index in [-0.39, 0.29) is 10.5 Å². The van der Waals surface area contributed by atoms with Crippen molar-refractivity contribution in [1.82, 2.24) is 14.5 Å². The lowest BCUT2D eigenvalue weighted by Gasteiger charge is -2.10. The second-order valence-corrected chi connectivity index (χ2v) is 7.02. The molecule has 3 rings (SSSR count). The summed E-state index contributed by atoms with van der Waals surface area (Å²) in [7, 11) is -3.86. The van der Waals surface area contributed by atoms with Gasteiger partial charge in [-0.15, -0.1) is 0 Å². The lowest BCUT2D eigenvalue weighted by atomic mass is 10.2. The first kappa shape index (κ1) is 15.7. The molecule has 0 amide bonds. The van der Waals surface area contributed by atoms with E-state index in [4.69, 9.17) is 5.14 Å². The normalized spacial score (nSPS) is 11.7. The SMILES string of the molecule is CSc1ncc2ccc(=O)n(-c3cccc(S(N)(=O)=O)c3)c2n1. The number of nitrogens with two attached hydrogens (primary N) is 1. The fourth-order valence-electron chi connectivity index (χ4n) is 2.15. The molecule has 0 aliphatic carbocycles. The molecule has 0 bridgehead atoms. The minimum atomic E-state index is -3.86. The molecule has 7 nitrogen and oxygen atoms in total. The van der Waals surface area contributed by atoms with E-state index in [9.17, 15) is 13.2 Å². The summed E-state index contributed by atoms with van der Waals surface area (Å²) in [5.41, 5.74) is 0.455. The van der Waals surface area contributed by atoms with Gasteiger partial charge in [0, 0.05) is 17.6 Å². The molecule has 0 saturated heterocycles. The summed E-state index contributed by atoms with van der Waals surface area (Å²) >= 11 is 1.35. The Morgan fingerprint density at radius 2 is 2.00 bits per heavy atom. The second kappa shape index (κ2) is 5.76. The van der Waals surface area contributed by atoms with Crippen LogP contribution >= 0.6 is 11.8 Å². The van der Waals surface area contributed by atoms with Gasteiger partial charge in [0.15, 0.2) is 10.8 Å². The fraction of sp³-hybridized carbons (Fsp3) is 0.0714. The molecule has 9 heteroatoms. The summed E-state index contributed by atoms with van der Waals surface area (Å²) in [6.07, 6.45) is 3.45. The topological polar surface area (TPSA) is 108 Å². The van der Waals surface area contributed by atoms with E-state index in [2.05, 4.69) is 9.97 Å². The number of thioether (sulfide) groups is 1. The minimum Gasteiger partial charge on any atom is -0.269 e. The Morgan fingerprint density at radius 3 is 2.70 bits per heavy atom. The Labute approximate surface area is 136 Å². The summed E-state index contributed by atoms with van der Waals surface area (Å²) in [4.78, 5) is 20.8. The number of fused-ring (bicyclic) bond motifs is 1. The molecule has 0 aliphatic rings. The highest BCUT2D eigenvalue weighted by molar-refractivity contribution is 7.98. The van der Waals surface area contributed by atoms with Gasteiger partial charge in [0.2, 0.25) is 10.0 Å². The van der Waals surface area contributed by atoms with Crippen LogP contribution in [-0.2, 0) is 10.0 Å². The number of primary sulfonamides is 1. The first-order chi connectivity index (χ1) is 10.9. The molecule has 2 N–H and O–H groups in total. The van der Waals surface area contributed by atoms with Gasteiger partial charge in [-0.1, -0.05) is 17.8 Å². The minimum absolute atomic E-state index is 0.0713. The third kappa shape index (κ3) is 2.98. The smallest absolute Gasteiger partial charge is 0.256 e. The molecule has 0 aliphatic heterocycles. The molecular formula is C14H12N4O3S2. The standard InChI is InChI=1S/C14H12N4O3S2/c1-22-14-16-8-9-5-6-12(19)18(13(9)17-14)10-3-2-4-11(7-10)23(15,20)21/h2-8H,1H3,(H2,15,20,21). The van der Waals surface area contributed by atoms with E-state index in [0.29, 0.717) is 21.9 Å². The number of benzene rings is 1. The zero-order valence-electron chi connectivity index (χ0n) is 12.0. The summed E-state index contributed by atoms with van der Waals surface area (Å²) in [5, 5.41) is 6.34. The van der Waals surface area contributed by atoms with Crippen LogP contribution in [0.5, 0.6) is 0 Å². The maximum atomic E-state index is 12.3. The molecule has 0 atom stereocenters. The third-order valence-electron chi connectivity index (χ3n) is 3.20. The first-order valence-electron chi connectivity index (χ1n) is 6.46. The summed E-state index contributed by atoms with van der Waals surface area (Å²) < 4.78 is 24.4. The van der Waals surface area contributed by atoms with Gasteiger partial charge in [-0.2, -0.15) is 0 Å². The summed E-state index contributed by atoms with van der Waals surface area (Å²) in [6.45, 7) is 0. The molecular weight excluding hydrogens is 336 g/mol. The van der Waals surface area contributed by atoms with Gasteiger partial charge < -0.3 is 0 Å². The maximum Gasteiger partial charge on any atom is 0.256 e. The van der Waals surface area contributed by atoms with Crippen molar-refractivity contribution in [2.45, 2.75) is 10.1 Å². The summed E-state index contributed by atoms with van der Waals surface area (Å²) in [5.74, 6) is 0. The quantitative estimate of drug-likeness (QED) is 0.562. The molecule has 0 radical (unpaired) electrons. The van der Waals surface area contributed by atoms with Crippen molar-refractivity contribution in [1.29, 1.82) is 0 Å². The van der Waals surface area contributed by atoms with Crippen molar-refractivity contribution in [3.8, 4) is 5.69 Å². The number of pyridine rings is 1. The zero-order valence-corrected chi connectivity index (χ0v) is 13.6. The second-order valence-electron chi connectivity index (χ2n) is 4.68. The molecule has 0 fully saturated rings. The highest BCUT2D eigenvalue weighted by atomic mass is 32.2. The van der Waals surface area contributed by atoms with Crippen LogP contribution < -0.4 is 10.7 Å². The number of rotatable bonds is 3. The van der Waals surface area contributed by atoms with Crippen LogP contribution in [0.1, 0.15) is 0 Å². The van der Waals surface area contributed by atoms with Crippen molar-refractivity contribution in [3.63, 3.8) is 0 Å². The average Bonchev–Trinajstić information content (AvgIpc) is 2.53. The zero-order chi connectivity index (χ0) is 16.6. The molecule has 23 heavy (non-hydrogen) atoms. The van der Waals surface area contributed by atoms with Crippen LogP contribution in [0, 0.1) is 0 Å². The van der Waals surface area contributed by atoms with Crippen LogP contribution in [-0.4, -0.2) is 29.2 Å². The third-order valence-corrected chi connectivity index (χ3v) is 4.67. The Bertz CT molecular complexity index is 1060. The lowest BCUT2D eigenvalue weighted by Crippen LogP contribution is -2.19. The van der Waals surface area contributed by atoms with E-state index in [1.54, 1.807) is 18.3 Å². The highest BCUT2D eigenvalue weighted by Crippen LogP contribution is 2.19. The number of aromatic nitrogens is 3. The van der Waals surface area contributed by atoms with Gasteiger partial charge in [0.05, 0.1) is 10.6 Å². The van der Waals surface area contributed by atoms with Gasteiger partial charge in [0.25, 0.3) is 5.56 Å². The predicted octanol–water partition coefficient (Wildman–Crippen LogP) is 1.15. The van der Waals surface area contributed by atoms with Crippen molar-refractivity contribution < 1.29 is 8.42 Å². The fourth-order valence-corrected chi connectivity index (χ4v) is 3.04. The number of hydrogen-bond donors (Lipinski definition) is 1. The van der Waals surface area contributed by atoms with E-state index < -0.39 is 10.0 Å². The summed E-state index contributed by atoms with van der Waals surface area (Å²) in [6, 6.07) is 8.87. The largest absolute Gasteiger partial charge is 0.269 e. The molecule has 0 unspecified atom stereocenters. The lowest BCUT2D eigenvalue weighted by molar-refractivity contribution is 0.597. The molecule has 0 spiro atoms. The number of sulfonamides is 1. The number of hydrogen-bond acceptors (Lipinski definition) is 6. The van der Waals surface area contributed by atoms with Crippen molar-refractivity contribution >= 4 is 32.8 Å². The van der Waals surface area contributed by atoms with Crippen molar-refractivity contribution in [2.24, 2.45) is 5.14 Å². The molecule has 2 heterocycles. The molecule has 2 aromatic heterocycles. The van der Waals surface area contributed by atoms with Gasteiger partial charge in [-0.3, -0.25) is 9.36 Å². The van der Waals surface area contributed by atoms with E-state index in [0.717, 1.165) is 0 Å². The Balaban J connectivity index is 2.35. The van der Waals surface area contributed by atoms with Crippen LogP contribution in [0.2, 0.25) is 0 Å². The monoisotopic (exact) mass is 348 g/mol. The number of nitrogens with zero attached hydrogens (tertiary/aromatic N) is 3. The van der Waals surface area contributed by atoms with Crippen LogP contribution in [0.3, 0.4) is 0 Å². The van der Waals surface area contributed by atoms with E-state index in [1.807, 2.05) is 6.26 Å². The van der Waals surface area contributed by atoms with E-state index in [1.165, 1.54) is 40.6 Å². The molecule has 1 aromatic carbocycles. The van der Waals surface area contributed by atoms with Crippen LogP contribution in [0.25, 0.3) is 16.7 Å². The predicted molar refractivity (Wildman–Crippen MR) is 88.3 cm³/mol. The van der Waals surface area contributed by atoms with Gasteiger partial charge in [0.1, 0.15) is 0 Å². The Kier molecular flexibility index (Phi) is 3.92. The van der Waals surface area contributed by atoms with Gasteiger partial charge >= 0.3 is 0 Å². The maximum absolute atomic E-state index is 12.3. The van der Waals surface area contributed by atoms with Crippen molar-refractivity contribution in [2.75, 3.05) is 6.26 Å². The Morgan fingerprint density at radius 1 is 1.22 bits per heavy atom. The molecule has 0 saturated carbocycles. The van der Waals surface area contributed by atoms with Gasteiger partial charge in [-0.05, 0) is 30.5 Å². The van der Waals surface area contributed by atoms with Crippen LogP contribution in [0.15, 0.2) is 57.4 Å².